The maximum Gasteiger partial charge on any atom is 0.134 e. The summed E-state index contributed by atoms with van der Waals surface area (Å²) in [4.78, 5) is 7.86. The molecule has 0 spiro atoms. The van der Waals surface area contributed by atoms with Gasteiger partial charge in [-0.3, -0.25) is 9.98 Å². The molecule has 3 nitrogen and oxygen atoms in total. The van der Waals surface area contributed by atoms with Crippen LogP contribution in [0.5, 0.6) is 0 Å². The Morgan fingerprint density at radius 2 is 2.45 bits per heavy atom. The van der Waals surface area contributed by atoms with Gasteiger partial charge in [0.05, 0.1) is 11.4 Å². The van der Waals surface area contributed by atoms with E-state index in [2.05, 4.69) is 9.98 Å². The van der Waals surface area contributed by atoms with Crippen LogP contribution in [0.2, 0.25) is 0 Å². The minimum atomic E-state index is -0.178. The summed E-state index contributed by atoms with van der Waals surface area (Å²) in [6, 6.07) is 5.59. The van der Waals surface area contributed by atoms with Gasteiger partial charge < -0.3 is 5.11 Å². The minimum absolute atomic E-state index is 0.178. The molecule has 0 saturated heterocycles. The molecule has 11 heavy (non-hydrogen) atoms. The molecule has 0 aromatic carbocycles. The van der Waals surface area contributed by atoms with Crippen LogP contribution >= 0.6 is 0 Å². The van der Waals surface area contributed by atoms with Gasteiger partial charge in [0.1, 0.15) is 6.73 Å². The van der Waals surface area contributed by atoms with E-state index in [0.717, 1.165) is 11.4 Å². The lowest BCUT2D eigenvalue weighted by Gasteiger charge is -1.96. The fourth-order valence-corrected chi connectivity index (χ4v) is 0.764. The summed E-state index contributed by atoms with van der Waals surface area (Å²) in [6.07, 6.45) is 1.70. The Kier molecular flexibility index (Phi) is 2.74. The summed E-state index contributed by atoms with van der Waals surface area (Å²) in [7, 11) is 0. The molecule has 3 heteroatoms. The summed E-state index contributed by atoms with van der Waals surface area (Å²) in [5, 5.41) is 8.48. The van der Waals surface area contributed by atoms with Crippen molar-refractivity contribution in [2.45, 2.75) is 6.92 Å². The zero-order chi connectivity index (χ0) is 8.10. The maximum absolute atomic E-state index is 8.48. The molecule has 0 aliphatic rings. The Bertz CT molecular complexity index is 244. The van der Waals surface area contributed by atoms with Crippen molar-refractivity contribution in [2.24, 2.45) is 4.99 Å². The van der Waals surface area contributed by atoms with Gasteiger partial charge in [0.15, 0.2) is 0 Å². The topological polar surface area (TPSA) is 45.5 Å². The number of aromatic nitrogens is 1. The SMILES string of the molecule is C/C(=N\CO)c1ccccn1. The zero-order valence-corrected chi connectivity index (χ0v) is 6.36. The molecule has 0 aliphatic heterocycles. The Labute approximate surface area is 65.4 Å². The Morgan fingerprint density at radius 1 is 1.64 bits per heavy atom. The largest absolute Gasteiger partial charge is 0.375 e. The lowest BCUT2D eigenvalue weighted by Crippen LogP contribution is -1.98. The normalized spacial score (nSPS) is 11.6. The molecule has 0 atom stereocenters. The molecular formula is C8H10N2O. The summed E-state index contributed by atoms with van der Waals surface area (Å²) < 4.78 is 0. The van der Waals surface area contributed by atoms with Crippen molar-refractivity contribution in [1.29, 1.82) is 0 Å². The number of aliphatic hydroxyl groups excluding tert-OH is 1. The van der Waals surface area contributed by atoms with Crippen LogP contribution in [0.3, 0.4) is 0 Å². The molecule has 58 valence electrons. The lowest BCUT2D eigenvalue weighted by atomic mass is 10.3. The first-order chi connectivity index (χ1) is 5.34. The number of hydrogen-bond donors (Lipinski definition) is 1. The van der Waals surface area contributed by atoms with Crippen LogP contribution in [0.1, 0.15) is 12.6 Å². The Morgan fingerprint density at radius 3 is 3.00 bits per heavy atom. The minimum Gasteiger partial charge on any atom is -0.375 e. The molecular weight excluding hydrogens is 140 g/mol. The Hall–Kier alpha value is -1.22. The van der Waals surface area contributed by atoms with E-state index in [4.69, 9.17) is 5.11 Å². The van der Waals surface area contributed by atoms with Crippen LogP contribution < -0.4 is 0 Å². The highest BCUT2D eigenvalue weighted by atomic mass is 16.3. The van der Waals surface area contributed by atoms with Crippen molar-refractivity contribution in [3.05, 3.63) is 30.1 Å². The summed E-state index contributed by atoms with van der Waals surface area (Å²) >= 11 is 0. The lowest BCUT2D eigenvalue weighted by molar-refractivity contribution is 0.309. The van der Waals surface area contributed by atoms with E-state index in [1.807, 2.05) is 25.1 Å². The van der Waals surface area contributed by atoms with E-state index >= 15 is 0 Å². The fraction of sp³-hybridized carbons (Fsp3) is 0.250. The molecule has 0 saturated carbocycles. The van der Waals surface area contributed by atoms with Crippen LogP contribution in [0.4, 0.5) is 0 Å². The average molecular weight is 150 g/mol. The van der Waals surface area contributed by atoms with Crippen molar-refractivity contribution in [1.82, 2.24) is 4.98 Å². The third kappa shape index (κ3) is 2.13. The summed E-state index contributed by atoms with van der Waals surface area (Å²) in [5.74, 6) is 0. The van der Waals surface area contributed by atoms with Crippen LogP contribution in [0.15, 0.2) is 29.4 Å². The van der Waals surface area contributed by atoms with Crippen molar-refractivity contribution in [3.8, 4) is 0 Å². The average Bonchev–Trinajstić information content (AvgIpc) is 2.07. The van der Waals surface area contributed by atoms with Gasteiger partial charge in [-0.25, -0.2) is 0 Å². The van der Waals surface area contributed by atoms with Gasteiger partial charge >= 0.3 is 0 Å². The van der Waals surface area contributed by atoms with Gasteiger partial charge in [-0.15, -0.1) is 0 Å². The van der Waals surface area contributed by atoms with Crippen LogP contribution in [0, 0.1) is 0 Å². The second-order valence-corrected chi connectivity index (χ2v) is 2.10. The zero-order valence-electron chi connectivity index (χ0n) is 6.36. The molecule has 0 bridgehead atoms. The van der Waals surface area contributed by atoms with Crippen LogP contribution in [-0.4, -0.2) is 22.5 Å². The van der Waals surface area contributed by atoms with E-state index < -0.39 is 0 Å². The first-order valence-electron chi connectivity index (χ1n) is 3.38. The molecule has 1 heterocycles. The second-order valence-electron chi connectivity index (χ2n) is 2.10. The van der Waals surface area contributed by atoms with E-state index in [1.165, 1.54) is 0 Å². The van der Waals surface area contributed by atoms with Crippen molar-refractivity contribution < 1.29 is 5.11 Å². The van der Waals surface area contributed by atoms with E-state index in [1.54, 1.807) is 6.20 Å². The van der Waals surface area contributed by atoms with Gasteiger partial charge in [-0.2, -0.15) is 0 Å². The molecule has 0 aliphatic carbocycles. The first-order valence-corrected chi connectivity index (χ1v) is 3.38. The number of aliphatic hydroxyl groups is 1. The third-order valence-electron chi connectivity index (χ3n) is 1.34. The van der Waals surface area contributed by atoms with Gasteiger partial charge in [-0.05, 0) is 19.1 Å². The molecule has 1 aromatic heterocycles. The number of hydrogen-bond acceptors (Lipinski definition) is 3. The van der Waals surface area contributed by atoms with Crippen molar-refractivity contribution >= 4 is 5.71 Å². The molecule has 0 amide bonds. The first kappa shape index (κ1) is 7.88. The second kappa shape index (κ2) is 3.83. The van der Waals surface area contributed by atoms with Gasteiger partial charge in [0, 0.05) is 6.20 Å². The van der Waals surface area contributed by atoms with Crippen LogP contribution in [0.25, 0.3) is 0 Å². The predicted octanol–water partition coefficient (Wildman–Crippen LogP) is 0.840. The number of nitrogens with zero attached hydrogens (tertiary/aromatic N) is 2. The quantitative estimate of drug-likeness (QED) is 0.635. The van der Waals surface area contributed by atoms with Crippen LogP contribution in [-0.2, 0) is 0 Å². The summed E-state index contributed by atoms with van der Waals surface area (Å²) in [5.41, 5.74) is 1.56. The van der Waals surface area contributed by atoms with Gasteiger partial charge in [0.2, 0.25) is 0 Å². The number of pyridine rings is 1. The maximum atomic E-state index is 8.48. The fourth-order valence-electron chi connectivity index (χ4n) is 0.764. The van der Waals surface area contributed by atoms with E-state index in [9.17, 15) is 0 Å². The molecule has 0 radical (unpaired) electrons. The summed E-state index contributed by atoms with van der Waals surface area (Å²) in [6.45, 7) is 1.64. The molecule has 1 rings (SSSR count). The standard InChI is InChI=1S/C8H10N2O/c1-7(10-6-11)8-4-2-3-5-9-8/h2-5,11H,6H2,1H3/b10-7+. The van der Waals surface area contributed by atoms with E-state index in [0.29, 0.717) is 0 Å². The molecule has 0 fully saturated rings. The monoisotopic (exact) mass is 150 g/mol. The smallest absolute Gasteiger partial charge is 0.134 e. The molecule has 0 unspecified atom stereocenters. The number of aliphatic imine (C=N–C) groups is 1. The van der Waals surface area contributed by atoms with Crippen molar-refractivity contribution in [3.63, 3.8) is 0 Å². The highest BCUT2D eigenvalue weighted by molar-refractivity contribution is 5.96. The highest BCUT2D eigenvalue weighted by Gasteiger charge is 1.94. The van der Waals surface area contributed by atoms with Gasteiger partial charge in [-0.1, -0.05) is 6.07 Å². The number of rotatable bonds is 2. The van der Waals surface area contributed by atoms with E-state index in [-0.39, 0.29) is 6.73 Å². The predicted molar refractivity (Wildman–Crippen MR) is 43.5 cm³/mol. The van der Waals surface area contributed by atoms with Crippen molar-refractivity contribution in [2.75, 3.05) is 6.73 Å². The highest BCUT2D eigenvalue weighted by Crippen LogP contribution is 1.95. The Balaban J connectivity index is 2.85. The third-order valence-corrected chi connectivity index (χ3v) is 1.34. The molecule has 1 aromatic rings. The van der Waals surface area contributed by atoms with Gasteiger partial charge in [0.25, 0.3) is 0 Å². The molecule has 1 N–H and O–H groups in total.